The predicted octanol–water partition coefficient (Wildman–Crippen LogP) is 1.51. The van der Waals surface area contributed by atoms with E-state index in [1.807, 2.05) is 13.1 Å². The minimum absolute atomic E-state index is 0.216. The molecule has 2 N–H and O–H groups in total. The Kier molecular flexibility index (Phi) is 4.52. The number of hydrogen-bond donors (Lipinski definition) is 2. The molecule has 0 saturated carbocycles. The molecule has 0 radical (unpaired) electrons. The molecule has 2 aromatic rings. The van der Waals surface area contributed by atoms with Gasteiger partial charge in [0.1, 0.15) is 5.82 Å². The van der Waals surface area contributed by atoms with E-state index in [0.29, 0.717) is 12.0 Å². The zero-order valence-electron chi connectivity index (χ0n) is 11.5. The number of aromatic nitrogens is 2. The number of aliphatic hydroxyl groups is 2. The van der Waals surface area contributed by atoms with E-state index < -0.39 is 5.41 Å². The second kappa shape index (κ2) is 6.15. The van der Waals surface area contributed by atoms with Crippen LogP contribution >= 0.6 is 0 Å². The molecule has 0 spiro atoms. The smallest absolute Gasteiger partial charge is 0.123 e. The van der Waals surface area contributed by atoms with Crippen LogP contribution in [0.1, 0.15) is 18.1 Å². The number of hydrogen-bond acceptors (Lipinski definition) is 3. The second-order valence-electron chi connectivity index (χ2n) is 4.98. The topological polar surface area (TPSA) is 58.3 Å². The van der Waals surface area contributed by atoms with Gasteiger partial charge in [-0.1, -0.05) is 12.1 Å². The summed E-state index contributed by atoms with van der Waals surface area (Å²) in [6.07, 6.45) is 4.07. The van der Waals surface area contributed by atoms with Crippen LogP contribution in [-0.2, 0) is 18.4 Å². The highest BCUT2D eigenvalue weighted by Crippen LogP contribution is 2.28. The van der Waals surface area contributed by atoms with Gasteiger partial charge in [0.2, 0.25) is 0 Å². The summed E-state index contributed by atoms with van der Waals surface area (Å²) >= 11 is 0. The van der Waals surface area contributed by atoms with Crippen LogP contribution in [-0.4, -0.2) is 33.2 Å². The molecule has 0 amide bonds. The van der Waals surface area contributed by atoms with E-state index in [1.54, 1.807) is 23.0 Å². The average Bonchev–Trinajstić information content (AvgIpc) is 2.93. The van der Waals surface area contributed by atoms with E-state index in [0.717, 1.165) is 12.1 Å². The van der Waals surface area contributed by atoms with Gasteiger partial charge in [0, 0.05) is 18.2 Å². The summed E-state index contributed by atoms with van der Waals surface area (Å²) < 4.78 is 14.8. The summed E-state index contributed by atoms with van der Waals surface area (Å²) in [5.41, 5.74) is 0.822. The molecule has 0 atom stereocenters. The normalized spacial score (nSPS) is 11.8. The molecule has 0 aliphatic rings. The van der Waals surface area contributed by atoms with E-state index in [4.69, 9.17) is 0 Å². The van der Waals surface area contributed by atoms with Gasteiger partial charge in [0.05, 0.1) is 19.4 Å². The Morgan fingerprint density at radius 3 is 2.35 bits per heavy atom. The van der Waals surface area contributed by atoms with Crippen molar-refractivity contribution in [2.24, 2.45) is 0 Å². The first kappa shape index (κ1) is 14.7. The zero-order chi connectivity index (χ0) is 14.6. The fourth-order valence-corrected chi connectivity index (χ4v) is 2.31. The van der Waals surface area contributed by atoms with Gasteiger partial charge in [-0.25, -0.2) is 4.39 Å². The minimum Gasteiger partial charge on any atom is -0.395 e. The van der Waals surface area contributed by atoms with Gasteiger partial charge >= 0.3 is 0 Å². The molecular formula is C15H19FN2O2. The summed E-state index contributed by atoms with van der Waals surface area (Å²) in [5, 5.41) is 23.7. The van der Waals surface area contributed by atoms with E-state index >= 15 is 0 Å². The first-order valence-corrected chi connectivity index (χ1v) is 6.62. The third-order valence-corrected chi connectivity index (χ3v) is 3.62. The first-order valence-electron chi connectivity index (χ1n) is 6.62. The summed E-state index contributed by atoms with van der Waals surface area (Å²) in [6.45, 7) is 2.32. The molecule has 0 aliphatic carbocycles. The molecular weight excluding hydrogens is 259 g/mol. The highest BCUT2D eigenvalue weighted by Gasteiger charge is 2.31. The van der Waals surface area contributed by atoms with Crippen LogP contribution in [0.15, 0.2) is 36.7 Å². The third kappa shape index (κ3) is 2.89. The maximum Gasteiger partial charge on any atom is 0.123 e. The van der Waals surface area contributed by atoms with Crippen molar-refractivity contribution in [2.45, 2.75) is 25.3 Å². The fourth-order valence-electron chi connectivity index (χ4n) is 2.31. The molecule has 0 saturated heterocycles. The van der Waals surface area contributed by atoms with Crippen LogP contribution in [0.25, 0.3) is 0 Å². The summed E-state index contributed by atoms with van der Waals surface area (Å²) in [4.78, 5) is 0. The number of rotatable bonds is 6. The Balaban J connectivity index is 2.31. The van der Waals surface area contributed by atoms with Crippen molar-refractivity contribution in [2.75, 3.05) is 13.2 Å². The monoisotopic (exact) mass is 278 g/mol. The van der Waals surface area contributed by atoms with E-state index in [2.05, 4.69) is 5.10 Å². The second-order valence-corrected chi connectivity index (χ2v) is 4.98. The number of aliphatic hydroxyl groups excluding tert-OH is 2. The van der Waals surface area contributed by atoms with Crippen LogP contribution in [0.4, 0.5) is 4.39 Å². The van der Waals surface area contributed by atoms with Gasteiger partial charge in [-0.2, -0.15) is 5.10 Å². The maximum atomic E-state index is 13.0. The van der Waals surface area contributed by atoms with Crippen molar-refractivity contribution >= 4 is 0 Å². The lowest BCUT2D eigenvalue weighted by Crippen LogP contribution is -2.37. The van der Waals surface area contributed by atoms with Crippen molar-refractivity contribution in [3.63, 3.8) is 0 Å². The average molecular weight is 278 g/mol. The molecule has 5 heteroatoms. The largest absolute Gasteiger partial charge is 0.395 e. The predicted molar refractivity (Wildman–Crippen MR) is 73.9 cm³/mol. The molecule has 108 valence electrons. The molecule has 1 aromatic carbocycles. The van der Waals surface area contributed by atoms with Gasteiger partial charge in [-0.05, 0) is 36.6 Å². The summed E-state index contributed by atoms with van der Waals surface area (Å²) in [7, 11) is 0. The summed E-state index contributed by atoms with van der Waals surface area (Å²) in [5.74, 6) is -0.336. The Morgan fingerprint density at radius 2 is 1.85 bits per heavy atom. The van der Waals surface area contributed by atoms with Crippen molar-refractivity contribution in [3.8, 4) is 0 Å². The van der Waals surface area contributed by atoms with Crippen molar-refractivity contribution in [1.82, 2.24) is 9.78 Å². The number of benzene rings is 1. The molecule has 0 unspecified atom stereocenters. The lowest BCUT2D eigenvalue weighted by atomic mass is 9.77. The molecule has 0 aliphatic heterocycles. The molecule has 1 heterocycles. The van der Waals surface area contributed by atoms with E-state index in [9.17, 15) is 14.6 Å². The Bertz CT molecular complexity index is 547. The Morgan fingerprint density at radius 1 is 1.20 bits per heavy atom. The number of halogens is 1. The fraction of sp³-hybridized carbons (Fsp3) is 0.400. The van der Waals surface area contributed by atoms with Crippen LogP contribution in [0.5, 0.6) is 0 Å². The molecule has 1 aromatic heterocycles. The van der Waals surface area contributed by atoms with Crippen LogP contribution in [0.2, 0.25) is 0 Å². The number of nitrogens with zero attached hydrogens (tertiary/aromatic N) is 2. The lowest BCUT2D eigenvalue weighted by molar-refractivity contribution is 0.116. The molecule has 20 heavy (non-hydrogen) atoms. The van der Waals surface area contributed by atoms with Gasteiger partial charge in [0.15, 0.2) is 0 Å². The van der Waals surface area contributed by atoms with Crippen LogP contribution in [0, 0.1) is 5.82 Å². The molecule has 4 nitrogen and oxygen atoms in total. The Hall–Kier alpha value is -1.72. The van der Waals surface area contributed by atoms with Gasteiger partial charge in [-0.3, -0.25) is 4.68 Å². The lowest BCUT2D eigenvalue weighted by Gasteiger charge is -2.30. The zero-order valence-corrected chi connectivity index (χ0v) is 11.5. The number of aryl methyl sites for hydroxylation is 1. The van der Waals surface area contributed by atoms with Gasteiger partial charge in [0.25, 0.3) is 0 Å². The molecule has 0 bridgehead atoms. The Labute approximate surface area is 117 Å². The third-order valence-electron chi connectivity index (χ3n) is 3.62. The minimum atomic E-state index is -0.824. The van der Waals surface area contributed by atoms with Gasteiger partial charge in [-0.15, -0.1) is 0 Å². The first-order chi connectivity index (χ1) is 9.63. The van der Waals surface area contributed by atoms with Crippen molar-refractivity contribution in [1.29, 1.82) is 0 Å². The summed E-state index contributed by atoms with van der Waals surface area (Å²) in [6, 6.07) is 5.88. The SMILES string of the molecule is CCn1cc(CC(CO)(CO)c2ccc(F)cc2)cn1. The highest BCUT2D eigenvalue weighted by molar-refractivity contribution is 5.29. The van der Waals surface area contributed by atoms with Crippen LogP contribution in [0.3, 0.4) is 0 Å². The van der Waals surface area contributed by atoms with E-state index in [1.165, 1.54) is 12.1 Å². The van der Waals surface area contributed by atoms with Crippen molar-refractivity contribution in [3.05, 3.63) is 53.6 Å². The standard InChI is InChI=1S/C15H19FN2O2/c1-2-18-9-12(8-17-18)7-15(10-19,11-20)13-3-5-14(16)6-4-13/h3-6,8-9,19-20H,2,7,10-11H2,1H3. The highest BCUT2D eigenvalue weighted by atomic mass is 19.1. The molecule has 2 rings (SSSR count). The maximum absolute atomic E-state index is 13.0. The van der Waals surface area contributed by atoms with Gasteiger partial charge < -0.3 is 10.2 Å². The van der Waals surface area contributed by atoms with Crippen LogP contribution < -0.4 is 0 Å². The quantitative estimate of drug-likeness (QED) is 0.842. The van der Waals surface area contributed by atoms with Crippen molar-refractivity contribution < 1.29 is 14.6 Å². The molecule has 0 fully saturated rings. The van der Waals surface area contributed by atoms with E-state index in [-0.39, 0.29) is 19.0 Å².